The molecule has 8 nitrogen and oxygen atoms in total. The molecule has 182 valence electrons. The van der Waals surface area contributed by atoms with Crippen molar-refractivity contribution in [3.8, 4) is 0 Å². The van der Waals surface area contributed by atoms with Gasteiger partial charge in [-0.15, -0.1) is 0 Å². The molecule has 0 saturated heterocycles. The quantitative estimate of drug-likeness (QED) is 0.469. The maximum absolute atomic E-state index is 12.5. The van der Waals surface area contributed by atoms with Crippen molar-refractivity contribution in [2.75, 3.05) is 26.4 Å². The molecule has 3 N–H and O–H groups in total. The molecule has 3 heterocycles. The zero-order valence-electron chi connectivity index (χ0n) is 19.9. The van der Waals surface area contributed by atoms with Gasteiger partial charge in [0.1, 0.15) is 5.82 Å². The van der Waals surface area contributed by atoms with Gasteiger partial charge in [0.25, 0.3) is 0 Å². The van der Waals surface area contributed by atoms with Crippen molar-refractivity contribution in [2.24, 2.45) is 5.92 Å². The fraction of sp³-hybridized carbons (Fsp3) is 0.346. The normalized spacial score (nSPS) is 20.2. The van der Waals surface area contributed by atoms with Crippen LogP contribution in [0.1, 0.15) is 48.4 Å². The molecule has 0 unspecified atom stereocenters. The Bertz CT molecular complexity index is 1310. The number of benzene rings is 1. The van der Waals surface area contributed by atoms with Gasteiger partial charge in [-0.25, -0.2) is 10.0 Å². The SMILES string of the molecule is CON(C)C(=O)C1CCC(c2nc3c(C4=CC=C(c5ccccc5)NC4)cnn3c(N)c2Br)CC1. The standard InChI is InChI=1S/C26H29BrN6O2/c1-32(35-2)26(34)18-10-8-17(9-11-18)23-22(27)24(28)33-25(31-23)20(15-30-33)19-12-13-21(29-14-19)16-6-4-3-5-7-16/h3-7,12-13,15,17-18,29H,8-11,14,28H2,1-2H3. The van der Waals surface area contributed by atoms with Gasteiger partial charge in [-0.1, -0.05) is 36.4 Å². The molecule has 1 fully saturated rings. The molecule has 2 aromatic heterocycles. The number of hydrogen-bond donors (Lipinski definition) is 2. The van der Waals surface area contributed by atoms with Gasteiger partial charge in [-0.05, 0) is 58.8 Å². The van der Waals surface area contributed by atoms with E-state index in [1.807, 2.05) is 24.4 Å². The number of nitrogen functional groups attached to an aromatic ring is 1. The number of amides is 1. The number of allylic oxidation sites excluding steroid dienone is 2. The lowest BCUT2D eigenvalue weighted by molar-refractivity contribution is -0.174. The summed E-state index contributed by atoms with van der Waals surface area (Å²) >= 11 is 3.67. The Morgan fingerprint density at radius 1 is 1.20 bits per heavy atom. The van der Waals surface area contributed by atoms with E-state index in [-0.39, 0.29) is 17.7 Å². The van der Waals surface area contributed by atoms with E-state index in [1.54, 1.807) is 11.6 Å². The predicted molar refractivity (Wildman–Crippen MR) is 140 cm³/mol. The number of rotatable bonds is 5. The van der Waals surface area contributed by atoms with Gasteiger partial charge in [0, 0.05) is 36.7 Å². The highest BCUT2D eigenvalue weighted by atomic mass is 79.9. The Kier molecular flexibility index (Phi) is 6.62. The van der Waals surface area contributed by atoms with Gasteiger partial charge in [0.05, 0.1) is 23.5 Å². The van der Waals surface area contributed by atoms with Crippen molar-refractivity contribution in [1.29, 1.82) is 0 Å². The second-order valence-corrected chi connectivity index (χ2v) is 9.84. The lowest BCUT2D eigenvalue weighted by Crippen LogP contribution is -2.34. The molecule has 2 aliphatic rings. The van der Waals surface area contributed by atoms with E-state index in [1.165, 1.54) is 12.2 Å². The summed E-state index contributed by atoms with van der Waals surface area (Å²) in [5, 5.41) is 9.37. The maximum atomic E-state index is 12.5. The number of hydroxylamine groups is 2. The van der Waals surface area contributed by atoms with Crippen LogP contribution in [0.3, 0.4) is 0 Å². The molecule has 5 rings (SSSR count). The van der Waals surface area contributed by atoms with E-state index in [0.717, 1.165) is 63.9 Å². The monoisotopic (exact) mass is 536 g/mol. The zero-order chi connectivity index (χ0) is 24.5. The first-order valence-electron chi connectivity index (χ1n) is 11.8. The second kappa shape index (κ2) is 9.83. The van der Waals surface area contributed by atoms with Crippen LogP contribution in [-0.4, -0.2) is 46.3 Å². The minimum Gasteiger partial charge on any atom is -0.383 e. The largest absolute Gasteiger partial charge is 0.383 e. The molecule has 0 atom stereocenters. The smallest absolute Gasteiger partial charge is 0.248 e. The van der Waals surface area contributed by atoms with E-state index in [9.17, 15) is 4.79 Å². The highest BCUT2D eigenvalue weighted by Gasteiger charge is 2.32. The molecule has 35 heavy (non-hydrogen) atoms. The average Bonchev–Trinajstić information content (AvgIpc) is 3.34. The highest BCUT2D eigenvalue weighted by molar-refractivity contribution is 9.10. The first-order chi connectivity index (χ1) is 17.0. The van der Waals surface area contributed by atoms with Crippen LogP contribution in [-0.2, 0) is 9.63 Å². The summed E-state index contributed by atoms with van der Waals surface area (Å²) < 4.78 is 2.48. The topological polar surface area (TPSA) is 97.8 Å². The van der Waals surface area contributed by atoms with Crippen molar-refractivity contribution in [2.45, 2.75) is 31.6 Å². The van der Waals surface area contributed by atoms with Crippen molar-refractivity contribution >= 4 is 44.6 Å². The van der Waals surface area contributed by atoms with Crippen LogP contribution in [0, 0.1) is 5.92 Å². The first kappa shape index (κ1) is 23.6. The lowest BCUT2D eigenvalue weighted by Gasteiger charge is -2.30. The van der Waals surface area contributed by atoms with E-state index in [0.29, 0.717) is 12.4 Å². The number of carbonyl (C=O) groups is 1. The summed E-state index contributed by atoms with van der Waals surface area (Å²) in [6.07, 6.45) is 9.38. The summed E-state index contributed by atoms with van der Waals surface area (Å²) in [4.78, 5) is 22.6. The van der Waals surface area contributed by atoms with E-state index in [4.69, 9.17) is 15.6 Å². The fourth-order valence-electron chi connectivity index (χ4n) is 4.96. The highest BCUT2D eigenvalue weighted by Crippen LogP contribution is 2.40. The van der Waals surface area contributed by atoms with Gasteiger partial charge >= 0.3 is 0 Å². The number of halogens is 1. The van der Waals surface area contributed by atoms with Crippen molar-refractivity contribution in [1.82, 2.24) is 25.0 Å². The molecule has 1 aliphatic heterocycles. The predicted octanol–water partition coefficient (Wildman–Crippen LogP) is 4.40. The zero-order valence-corrected chi connectivity index (χ0v) is 21.5. The number of fused-ring (bicyclic) bond motifs is 1. The molecule has 1 aliphatic carbocycles. The molecular weight excluding hydrogens is 508 g/mol. The van der Waals surface area contributed by atoms with Crippen LogP contribution in [0.25, 0.3) is 16.9 Å². The molecule has 1 amide bonds. The third-order valence-corrected chi connectivity index (χ3v) is 7.86. The second-order valence-electron chi connectivity index (χ2n) is 9.05. The lowest BCUT2D eigenvalue weighted by atomic mass is 9.80. The number of aromatic nitrogens is 3. The average molecular weight is 537 g/mol. The third kappa shape index (κ3) is 4.46. The van der Waals surface area contributed by atoms with Crippen LogP contribution >= 0.6 is 15.9 Å². The molecular formula is C26H29BrN6O2. The van der Waals surface area contributed by atoms with Crippen LogP contribution in [0.4, 0.5) is 5.82 Å². The van der Waals surface area contributed by atoms with Crippen molar-refractivity contribution in [3.63, 3.8) is 0 Å². The molecule has 1 aromatic carbocycles. The van der Waals surface area contributed by atoms with Gasteiger partial charge in [-0.2, -0.15) is 9.61 Å². The summed E-state index contributed by atoms with van der Waals surface area (Å²) in [5.41, 5.74) is 12.5. The molecule has 9 heteroatoms. The van der Waals surface area contributed by atoms with Gasteiger partial charge < -0.3 is 11.1 Å². The number of carbonyl (C=O) groups excluding carboxylic acids is 1. The number of nitrogens with zero attached hydrogens (tertiary/aromatic N) is 4. The Balaban J connectivity index is 1.42. The summed E-state index contributed by atoms with van der Waals surface area (Å²) in [5.74, 6) is 0.772. The number of dihydropyridines is 1. The number of nitrogens with one attached hydrogen (secondary N) is 1. The number of anilines is 1. The Morgan fingerprint density at radius 2 is 1.94 bits per heavy atom. The number of hydrogen-bond acceptors (Lipinski definition) is 6. The molecule has 0 bridgehead atoms. The third-order valence-electron chi connectivity index (χ3n) is 7.05. The molecule has 0 radical (unpaired) electrons. The van der Waals surface area contributed by atoms with Crippen molar-refractivity contribution < 1.29 is 9.63 Å². The molecule has 3 aromatic rings. The summed E-state index contributed by atoms with van der Waals surface area (Å²) in [6.45, 7) is 0.676. The fourth-order valence-corrected chi connectivity index (χ4v) is 5.54. The van der Waals surface area contributed by atoms with Crippen LogP contribution in [0.2, 0.25) is 0 Å². The van der Waals surface area contributed by atoms with Gasteiger partial charge in [0.15, 0.2) is 5.65 Å². The van der Waals surface area contributed by atoms with E-state index in [2.05, 4.69) is 50.6 Å². The van der Waals surface area contributed by atoms with Crippen LogP contribution in [0.5, 0.6) is 0 Å². The first-order valence-corrected chi connectivity index (χ1v) is 12.6. The molecule has 1 saturated carbocycles. The van der Waals surface area contributed by atoms with Crippen LogP contribution in [0.15, 0.2) is 53.2 Å². The Hall–Kier alpha value is -3.17. The molecule has 0 spiro atoms. The summed E-state index contributed by atoms with van der Waals surface area (Å²) in [6, 6.07) is 10.3. The summed E-state index contributed by atoms with van der Waals surface area (Å²) in [7, 11) is 3.18. The van der Waals surface area contributed by atoms with Gasteiger partial charge in [0.2, 0.25) is 5.91 Å². The maximum Gasteiger partial charge on any atom is 0.248 e. The van der Waals surface area contributed by atoms with E-state index >= 15 is 0 Å². The van der Waals surface area contributed by atoms with Crippen LogP contribution < -0.4 is 11.1 Å². The minimum absolute atomic E-state index is 0.0225. The Morgan fingerprint density at radius 3 is 2.60 bits per heavy atom. The number of nitrogens with two attached hydrogens (primary N) is 1. The minimum atomic E-state index is -0.0225. The van der Waals surface area contributed by atoms with Gasteiger partial charge in [-0.3, -0.25) is 9.63 Å². The van der Waals surface area contributed by atoms with Crippen molar-refractivity contribution in [3.05, 3.63) is 70.0 Å². The Labute approximate surface area is 212 Å². The van der Waals surface area contributed by atoms with E-state index < -0.39 is 0 Å².